The fraction of sp³-hybridized carbons (Fsp3) is 0.250. The lowest BCUT2D eigenvalue weighted by Crippen LogP contribution is -2.45. The Kier molecular flexibility index (Phi) is 5.71. The van der Waals surface area contributed by atoms with Crippen LogP contribution in [-0.4, -0.2) is 39.6 Å². The number of benzene rings is 1. The van der Waals surface area contributed by atoms with Gasteiger partial charge in [-0.25, -0.2) is 0 Å². The van der Waals surface area contributed by atoms with Crippen molar-refractivity contribution in [3.8, 4) is 0 Å². The molecule has 7 heteroatoms. The Morgan fingerprint density at radius 2 is 2.00 bits per heavy atom. The van der Waals surface area contributed by atoms with Crippen molar-refractivity contribution in [2.75, 3.05) is 7.05 Å². The smallest absolute Gasteiger partial charge is 0.255 e. The summed E-state index contributed by atoms with van der Waals surface area (Å²) in [5.74, 6) is -0.517. The Balaban J connectivity index is 1.54. The largest absolute Gasteiger partial charge is 0.472 e. The summed E-state index contributed by atoms with van der Waals surface area (Å²) in [4.78, 5) is 26.1. The monoisotopic (exact) mass is 366 g/mol. The van der Waals surface area contributed by atoms with Crippen molar-refractivity contribution in [3.05, 3.63) is 78.0 Å². The molecule has 2 heterocycles. The second-order valence-electron chi connectivity index (χ2n) is 6.43. The van der Waals surface area contributed by atoms with E-state index < -0.39 is 6.04 Å². The molecule has 1 N–H and O–H groups in total. The standard InChI is InChI=1S/C20H22N4O3/c1-15(22-19(25)18-8-9-27-14-18)20(26)23(2)11-17-10-21-24(13-17)12-16-6-4-3-5-7-16/h3-10,13-15H,11-12H2,1-2H3,(H,22,25)/t15-/m1/s1. The van der Waals surface area contributed by atoms with E-state index in [1.807, 2.05) is 41.2 Å². The molecular weight excluding hydrogens is 344 g/mol. The Morgan fingerprint density at radius 1 is 1.22 bits per heavy atom. The van der Waals surface area contributed by atoms with E-state index in [-0.39, 0.29) is 11.8 Å². The molecule has 3 rings (SSSR count). The van der Waals surface area contributed by atoms with Crippen molar-refractivity contribution in [1.29, 1.82) is 0 Å². The summed E-state index contributed by atoms with van der Waals surface area (Å²) in [6.45, 7) is 2.75. The van der Waals surface area contributed by atoms with E-state index in [9.17, 15) is 9.59 Å². The first-order valence-corrected chi connectivity index (χ1v) is 8.66. The van der Waals surface area contributed by atoms with Crippen molar-refractivity contribution in [1.82, 2.24) is 20.0 Å². The van der Waals surface area contributed by atoms with Crippen LogP contribution >= 0.6 is 0 Å². The van der Waals surface area contributed by atoms with Crippen molar-refractivity contribution in [2.45, 2.75) is 26.1 Å². The molecule has 0 radical (unpaired) electrons. The fourth-order valence-electron chi connectivity index (χ4n) is 2.76. The van der Waals surface area contributed by atoms with Crippen molar-refractivity contribution in [3.63, 3.8) is 0 Å². The van der Waals surface area contributed by atoms with Gasteiger partial charge in [0.15, 0.2) is 0 Å². The summed E-state index contributed by atoms with van der Waals surface area (Å²) >= 11 is 0. The third-order valence-corrected chi connectivity index (χ3v) is 4.17. The number of carbonyl (C=O) groups excluding carboxylic acids is 2. The van der Waals surface area contributed by atoms with E-state index in [0.29, 0.717) is 18.7 Å². The van der Waals surface area contributed by atoms with Crippen LogP contribution in [0.2, 0.25) is 0 Å². The van der Waals surface area contributed by atoms with Crippen molar-refractivity contribution in [2.24, 2.45) is 0 Å². The number of nitrogens with zero attached hydrogens (tertiary/aromatic N) is 3. The number of rotatable bonds is 7. The maximum absolute atomic E-state index is 12.5. The van der Waals surface area contributed by atoms with Gasteiger partial charge in [0.2, 0.25) is 5.91 Å². The van der Waals surface area contributed by atoms with Crippen LogP contribution in [0.3, 0.4) is 0 Å². The van der Waals surface area contributed by atoms with E-state index >= 15 is 0 Å². The van der Waals surface area contributed by atoms with Crippen molar-refractivity contribution < 1.29 is 14.0 Å². The summed E-state index contributed by atoms with van der Waals surface area (Å²) < 4.78 is 6.72. The molecule has 1 aromatic carbocycles. The molecule has 3 aromatic rings. The number of hydrogen-bond donors (Lipinski definition) is 1. The molecule has 2 aromatic heterocycles. The van der Waals surface area contributed by atoms with Gasteiger partial charge < -0.3 is 14.6 Å². The summed E-state index contributed by atoms with van der Waals surface area (Å²) in [6.07, 6.45) is 6.44. The van der Waals surface area contributed by atoms with Crippen LogP contribution in [0.15, 0.2) is 65.7 Å². The first-order chi connectivity index (χ1) is 13.0. The average molecular weight is 366 g/mol. The van der Waals surface area contributed by atoms with Gasteiger partial charge >= 0.3 is 0 Å². The normalized spacial score (nSPS) is 11.8. The molecule has 7 nitrogen and oxygen atoms in total. The predicted octanol–water partition coefficient (Wildman–Crippen LogP) is 2.30. The molecule has 0 unspecified atom stereocenters. The molecule has 0 aliphatic heterocycles. The van der Waals surface area contributed by atoms with E-state index in [1.165, 1.54) is 12.5 Å². The zero-order valence-corrected chi connectivity index (χ0v) is 15.3. The van der Waals surface area contributed by atoms with Crippen LogP contribution in [0.5, 0.6) is 0 Å². The first kappa shape index (κ1) is 18.4. The third kappa shape index (κ3) is 4.84. The van der Waals surface area contributed by atoms with Gasteiger partial charge in [-0.3, -0.25) is 14.3 Å². The van der Waals surface area contributed by atoms with Crippen molar-refractivity contribution >= 4 is 11.8 Å². The van der Waals surface area contributed by atoms with Crippen LogP contribution in [0.25, 0.3) is 0 Å². The molecule has 0 fully saturated rings. The Morgan fingerprint density at radius 3 is 2.70 bits per heavy atom. The van der Waals surface area contributed by atoms with E-state index in [4.69, 9.17) is 4.42 Å². The van der Waals surface area contributed by atoms with Gasteiger partial charge in [0, 0.05) is 25.4 Å². The maximum atomic E-state index is 12.5. The number of carbonyl (C=O) groups is 2. The zero-order chi connectivity index (χ0) is 19.2. The lowest BCUT2D eigenvalue weighted by molar-refractivity contribution is -0.132. The highest BCUT2D eigenvalue weighted by Gasteiger charge is 2.21. The van der Waals surface area contributed by atoms with Crippen LogP contribution in [-0.2, 0) is 17.9 Å². The summed E-state index contributed by atoms with van der Waals surface area (Å²) in [5, 5.41) is 7.03. The van der Waals surface area contributed by atoms with Crippen LogP contribution in [0.1, 0.15) is 28.4 Å². The summed E-state index contributed by atoms with van der Waals surface area (Å²) in [7, 11) is 1.71. The minimum absolute atomic E-state index is 0.178. The zero-order valence-electron chi connectivity index (χ0n) is 15.3. The fourth-order valence-corrected chi connectivity index (χ4v) is 2.76. The molecule has 0 saturated heterocycles. The van der Waals surface area contributed by atoms with E-state index in [1.54, 1.807) is 31.1 Å². The molecule has 2 amide bonds. The minimum atomic E-state index is -0.642. The molecule has 0 bridgehead atoms. The van der Waals surface area contributed by atoms with E-state index in [0.717, 1.165) is 11.1 Å². The number of aromatic nitrogens is 2. The topological polar surface area (TPSA) is 80.4 Å². The number of amides is 2. The quantitative estimate of drug-likeness (QED) is 0.696. The lowest BCUT2D eigenvalue weighted by Gasteiger charge is -2.21. The second-order valence-corrected chi connectivity index (χ2v) is 6.43. The number of likely N-dealkylation sites (N-methyl/N-ethyl adjacent to an activating group) is 1. The Bertz CT molecular complexity index is 887. The van der Waals surface area contributed by atoms with Gasteiger partial charge in [-0.15, -0.1) is 0 Å². The van der Waals surface area contributed by atoms with Gasteiger partial charge in [-0.1, -0.05) is 30.3 Å². The molecule has 1 atom stereocenters. The first-order valence-electron chi connectivity index (χ1n) is 8.66. The minimum Gasteiger partial charge on any atom is -0.472 e. The molecule has 140 valence electrons. The van der Waals surface area contributed by atoms with Crippen LogP contribution < -0.4 is 5.32 Å². The predicted molar refractivity (Wildman–Crippen MR) is 99.9 cm³/mol. The Labute approximate surface area is 157 Å². The third-order valence-electron chi connectivity index (χ3n) is 4.17. The van der Waals surface area contributed by atoms with Gasteiger partial charge in [0.25, 0.3) is 5.91 Å². The number of hydrogen-bond acceptors (Lipinski definition) is 4. The maximum Gasteiger partial charge on any atom is 0.255 e. The highest BCUT2D eigenvalue weighted by atomic mass is 16.3. The van der Waals surface area contributed by atoms with Gasteiger partial charge in [0.05, 0.1) is 24.6 Å². The van der Waals surface area contributed by atoms with Crippen LogP contribution in [0, 0.1) is 0 Å². The van der Waals surface area contributed by atoms with Gasteiger partial charge in [-0.05, 0) is 18.6 Å². The summed E-state index contributed by atoms with van der Waals surface area (Å²) in [6, 6.07) is 11.0. The van der Waals surface area contributed by atoms with Gasteiger partial charge in [0.1, 0.15) is 12.3 Å². The van der Waals surface area contributed by atoms with Gasteiger partial charge in [-0.2, -0.15) is 5.10 Å². The highest BCUT2D eigenvalue weighted by Crippen LogP contribution is 2.07. The van der Waals surface area contributed by atoms with E-state index in [2.05, 4.69) is 10.4 Å². The highest BCUT2D eigenvalue weighted by molar-refractivity contribution is 5.97. The molecular formula is C20H22N4O3. The second kappa shape index (κ2) is 8.35. The molecule has 27 heavy (non-hydrogen) atoms. The number of nitrogens with one attached hydrogen (secondary N) is 1. The number of furan rings is 1. The Hall–Kier alpha value is -3.35. The SMILES string of the molecule is C[C@@H](NC(=O)c1ccoc1)C(=O)N(C)Cc1cnn(Cc2ccccc2)c1. The molecule has 0 aliphatic carbocycles. The average Bonchev–Trinajstić information content (AvgIpc) is 3.34. The summed E-state index contributed by atoms with van der Waals surface area (Å²) in [5.41, 5.74) is 2.47. The molecule has 0 aliphatic rings. The lowest BCUT2D eigenvalue weighted by atomic mass is 10.2. The van der Waals surface area contributed by atoms with Crippen LogP contribution in [0.4, 0.5) is 0 Å². The molecule has 0 saturated carbocycles. The molecule has 0 spiro atoms.